The molecule has 0 aromatic carbocycles. The number of nitrogens with zero attached hydrogens (tertiary/aromatic N) is 4. The smallest absolute Gasteiger partial charge is 0.326 e. The number of hydrogen-bond acceptors (Lipinski definition) is 5. The molecular formula is C14H21N5O2. The zero-order valence-electron chi connectivity index (χ0n) is 12.4. The lowest BCUT2D eigenvalue weighted by Crippen LogP contribution is -2.30. The Morgan fingerprint density at radius 1 is 1.43 bits per heavy atom. The van der Waals surface area contributed by atoms with E-state index in [0.29, 0.717) is 18.0 Å². The second-order valence-corrected chi connectivity index (χ2v) is 5.03. The van der Waals surface area contributed by atoms with Crippen LogP contribution in [0, 0.1) is 0 Å². The normalized spacial score (nSPS) is 12.5. The first kappa shape index (κ1) is 15.2. The van der Waals surface area contributed by atoms with E-state index in [2.05, 4.69) is 27.3 Å². The summed E-state index contributed by atoms with van der Waals surface area (Å²) in [5.74, 6) is 0.262. The lowest BCUT2D eigenvalue weighted by atomic mass is 10.1. The maximum atomic E-state index is 11.4. The molecule has 0 aliphatic rings. The van der Waals surface area contributed by atoms with Gasteiger partial charge in [-0.25, -0.2) is 9.78 Å². The summed E-state index contributed by atoms with van der Waals surface area (Å²) in [4.78, 5) is 19.9. The molecule has 2 N–H and O–H groups in total. The SMILES string of the molecule is CCCC[C@H](Nc1cc(CCC)nc2ncnn12)C(=O)O. The van der Waals surface area contributed by atoms with Crippen LogP contribution in [0.2, 0.25) is 0 Å². The highest BCUT2D eigenvalue weighted by Gasteiger charge is 2.18. The van der Waals surface area contributed by atoms with Crippen LogP contribution in [0.15, 0.2) is 12.4 Å². The van der Waals surface area contributed by atoms with E-state index < -0.39 is 12.0 Å². The first-order valence-electron chi connectivity index (χ1n) is 7.34. The molecule has 2 rings (SSSR count). The topological polar surface area (TPSA) is 92.4 Å². The van der Waals surface area contributed by atoms with Crippen molar-refractivity contribution in [1.29, 1.82) is 0 Å². The number of unbranched alkanes of at least 4 members (excludes halogenated alkanes) is 1. The standard InChI is InChI=1S/C14H21N5O2/c1-3-5-7-11(13(20)21)18-12-8-10(6-4-2)17-14-15-9-16-19(12)14/h8-9,11,18H,3-7H2,1-2H3,(H,20,21)/t11-/m0/s1. The minimum absolute atomic E-state index is 0.489. The summed E-state index contributed by atoms with van der Waals surface area (Å²) < 4.78 is 1.54. The average Bonchev–Trinajstić information content (AvgIpc) is 2.91. The second-order valence-electron chi connectivity index (χ2n) is 5.03. The molecule has 0 saturated carbocycles. The molecule has 0 saturated heterocycles. The van der Waals surface area contributed by atoms with Crippen molar-refractivity contribution in [3.8, 4) is 0 Å². The molecule has 2 heterocycles. The lowest BCUT2D eigenvalue weighted by Gasteiger charge is -2.16. The van der Waals surface area contributed by atoms with E-state index in [-0.39, 0.29) is 0 Å². The fraction of sp³-hybridized carbons (Fsp3) is 0.571. The van der Waals surface area contributed by atoms with Gasteiger partial charge in [0.1, 0.15) is 18.2 Å². The van der Waals surface area contributed by atoms with Gasteiger partial charge in [-0.3, -0.25) is 0 Å². The van der Waals surface area contributed by atoms with Gasteiger partial charge in [0.15, 0.2) is 0 Å². The van der Waals surface area contributed by atoms with Gasteiger partial charge in [-0.15, -0.1) is 0 Å². The Bertz CT molecular complexity index is 610. The number of rotatable bonds is 8. The molecule has 0 spiro atoms. The first-order valence-corrected chi connectivity index (χ1v) is 7.34. The molecule has 0 aliphatic carbocycles. The summed E-state index contributed by atoms with van der Waals surface area (Å²) in [7, 11) is 0. The minimum atomic E-state index is -0.856. The molecule has 0 amide bonds. The Kier molecular flexibility index (Phi) is 5.08. The largest absolute Gasteiger partial charge is 0.480 e. The molecule has 7 heteroatoms. The van der Waals surface area contributed by atoms with Crippen molar-refractivity contribution in [2.75, 3.05) is 5.32 Å². The predicted molar refractivity (Wildman–Crippen MR) is 79.3 cm³/mol. The first-order chi connectivity index (χ1) is 10.2. The molecule has 114 valence electrons. The summed E-state index contributed by atoms with van der Waals surface area (Å²) in [6.07, 6.45) is 5.61. The van der Waals surface area contributed by atoms with Crippen LogP contribution in [0.3, 0.4) is 0 Å². The van der Waals surface area contributed by atoms with Crippen molar-refractivity contribution in [1.82, 2.24) is 19.6 Å². The number of aromatic nitrogens is 4. The lowest BCUT2D eigenvalue weighted by molar-refractivity contribution is -0.138. The van der Waals surface area contributed by atoms with E-state index in [0.717, 1.165) is 31.4 Å². The summed E-state index contributed by atoms with van der Waals surface area (Å²) in [6, 6.07) is 1.22. The number of fused-ring (bicyclic) bond motifs is 1. The molecule has 0 aliphatic heterocycles. The van der Waals surface area contributed by atoms with Crippen LogP contribution in [0.5, 0.6) is 0 Å². The van der Waals surface area contributed by atoms with Gasteiger partial charge in [-0.05, 0) is 12.8 Å². The Hall–Kier alpha value is -2.18. The highest BCUT2D eigenvalue weighted by molar-refractivity contribution is 5.77. The second kappa shape index (κ2) is 7.01. The minimum Gasteiger partial charge on any atom is -0.480 e. The number of anilines is 1. The quantitative estimate of drug-likeness (QED) is 0.774. The molecule has 0 fully saturated rings. The number of carboxylic acids is 1. The van der Waals surface area contributed by atoms with E-state index in [1.165, 1.54) is 6.33 Å². The van der Waals surface area contributed by atoms with E-state index >= 15 is 0 Å². The fourth-order valence-corrected chi connectivity index (χ4v) is 2.19. The molecule has 2 aromatic rings. The van der Waals surface area contributed by atoms with Crippen molar-refractivity contribution in [3.05, 3.63) is 18.1 Å². The third kappa shape index (κ3) is 3.68. The van der Waals surface area contributed by atoms with Crippen LogP contribution >= 0.6 is 0 Å². The highest BCUT2D eigenvalue weighted by Crippen LogP contribution is 2.15. The molecule has 0 radical (unpaired) electrons. The number of nitrogens with one attached hydrogen (secondary N) is 1. The van der Waals surface area contributed by atoms with Crippen LogP contribution in [0.25, 0.3) is 5.78 Å². The molecule has 0 unspecified atom stereocenters. The zero-order valence-corrected chi connectivity index (χ0v) is 12.4. The molecule has 2 aromatic heterocycles. The van der Waals surface area contributed by atoms with Crippen molar-refractivity contribution >= 4 is 17.6 Å². The summed E-state index contributed by atoms with van der Waals surface area (Å²) in [6.45, 7) is 4.12. The fourth-order valence-electron chi connectivity index (χ4n) is 2.19. The van der Waals surface area contributed by atoms with Crippen LogP contribution in [-0.4, -0.2) is 36.7 Å². The third-order valence-corrected chi connectivity index (χ3v) is 3.28. The summed E-state index contributed by atoms with van der Waals surface area (Å²) >= 11 is 0. The van der Waals surface area contributed by atoms with Crippen molar-refractivity contribution in [2.45, 2.75) is 52.0 Å². The molecule has 1 atom stereocenters. The van der Waals surface area contributed by atoms with E-state index in [4.69, 9.17) is 0 Å². The van der Waals surface area contributed by atoms with Crippen LogP contribution in [0.4, 0.5) is 5.82 Å². The van der Waals surface area contributed by atoms with E-state index in [9.17, 15) is 9.90 Å². The Balaban J connectivity index is 2.29. The van der Waals surface area contributed by atoms with E-state index in [1.807, 2.05) is 13.0 Å². The van der Waals surface area contributed by atoms with Crippen molar-refractivity contribution in [2.24, 2.45) is 0 Å². The monoisotopic (exact) mass is 291 g/mol. The predicted octanol–water partition coefficient (Wildman–Crippen LogP) is 2.13. The maximum Gasteiger partial charge on any atom is 0.326 e. The number of aliphatic carboxylic acids is 1. The van der Waals surface area contributed by atoms with Crippen LogP contribution in [-0.2, 0) is 11.2 Å². The Morgan fingerprint density at radius 3 is 2.90 bits per heavy atom. The van der Waals surface area contributed by atoms with Gasteiger partial charge in [0.2, 0.25) is 0 Å². The Morgan fingerprint density at radius 2 is 2.24 bits per heavy atom. The van der Waals surface area contributed by atoms with Gasteiger partial charge in [-0.1, -0.05) is 33.1 Å². The molecule has 7 nitrogen and oxygen atoms in total. The number of carbonyl (C=O) groups is 1. The Labute approximate surface area is 123 Å². The number of carboxylic acid groups (broad SMARTS) is 1. The van der Waals surface area contributed by atoms with Gasteiger partial charge in [0.05, 0.1) is 0 Å². The average molecular weight is 291 g/mol. The molecular weight excluding hydrogens is 270 g/mol. The van der Waals surface area contributed by atoms with Gasteiger partial charge in [-0.2, -0.15) is 14.6 Å². The molecule has 0 bridgehead atoms. The summed E-state index contributed by atoms with van der Waals surface area (Å²) in [5, 5.41) is 16.5. The van der Waals surface area contributed by atoms with Gasteiger partial charge >= 0.3 is 5.97 Å². The van der Waals surface area contributed by atoms with Crippen LogP contribution < -0.4 is 5.32 Å². The van der Waals surface area contributed by atoms with Gasteiger partial charge in [0, 0.05) is 11.8 Å². The van der Waals surface area contributed by atoms with Crippen LogP contribution in [0.1, 0.15) is 45.2 Å². The van der Waals surface area contributed by atoms with Crippen molar-refractivity contribution in [3.63, 3.8) is 0 Å². The zero-order chi connectivity index (χ0) is 15.2. The van der Waals surface area contributed by atoms with Crippen molar-refractivity contribution < 1.29 is 9.90 Å². The molecule has 21 heavy (non-hydrogen) atoms. The van der Waals surface area contributed by atoms with Gasteiger partial charge < -0.3 is 10.4 Å². The number of hydrogen-bond donors (Lipinski definition) is 2. The third-order valence-electron chi connectivity index (χ3n) is 3.28. The summed E-state index contributed by atoms with van der Waals surface area (Å²) in [5.41, 5.74) is 0.889. The van der Waals surface area contributed by atoms with E-state index in [1.54, 1.807) is 4.52 Å². The maximum absolute atomic E-state index is 11.4. The number of aryl methyl sites for hydroxylation is 1. The van der Waals surface area contributed by atoms with Gasteiger partial charge in [0.25, 0.3) is 5.78 Å². The highest BCUT2D eigenvalue weighted by atomic mass is 16.4.